The monoisotopic (exact) mass is 561 g/mol. The van der Waals surface area contributed by atoms with E-state index in [1.54, 1.807) is 22.7 Å². The van der Waals surface area contributed by atoms with Gasteiger partial charge in [-0.15, -0.1) is 0 Å². The minimum atomic E-state index is -4.52. The first-order valence-electron chi connectivity index (χ1n) is 12.7. The predicted octanol–water partition coefficient (Wildman–Crippen LogP) is 5.00. The molecular weight excluding hydrogens is 531 g/mol. The molecule has 1 amide bonds. The molecular formula is C27H30F3N5O3S. The minimum absolute atomic E-state index is 0.0179. The molecule has 0 atom stereocenters. The highest BCUT2D eigenvalue weighted by Gasteiger charge is 2.34. The van der Waals surface area contributed by atoms with Gasteiger partial charge in [0.2, 0.25) is 0 Å². The van der Waals surface area contributed by atoms with E-state index < -0.39 is 11.7 Å². The Kier molecular flexibility index (Phi) is 9.20. The highest BCUT2D eigenvalue weighted by atomic mass is 32.1. The van der Waals surface area contributed by atoms with Crippen LogP contribution in [0.3, 0.4) is 0 Å². The number of carbonyl (C=O) groups is 2. The van der Waals surface area contributed by atoms with Crippen molar-refractivity contribution < 1.29 is 27.9 Å². The van der Waals surface area contributed by atoms with Gasteiger partial charge in [-0.1, -0.05) is 29.9 Å². The zero-order chi connectivity index (χ0) is 28.0. The van der Waals surface area contributed by atoms with Gasteiger partial charge < -0.3 is 21.1 Å². The Morgan fingerprint density at radius 1 is 1.15 bits per heavy atom. The zero-order valence-electron chi connectivity index (χ0n) is 21.2. The second kappa shape index (κ2) is 12.6. The Hall–Kier alpha value is -3.48. The molecule has 0 unspecified atom stereocenters. The van der Waals surface area contributed by atoms with Crippen LogP contribution in [0, 0.1) is 0 Å². The molecule has 8 nitrogen and oxygen atoms in total. The second-order valence-electron chi connectivity index (χ2n) is 9.26. The summed E-state index contributed by atoms with van der Waals surface area (Å²) in [5.74, 6) is -0.128. The SMILES string of the molecule is NCc1ccc(-c2cn3c(n2)sc2cc(C(=O)NCCCN4CCCCC4)ccc23)c(C(F)(F)F)c1.O=CO. The van der Waals surface area contributed by atoms with E-state index >= 15 is 0 Å². The van der Waals surface area contributed by atoms with Gasteiger partial charge in [-0.25, -0.2) is 4.98 Å². The van der Waals surface area contributed by atoms with Crippen molar-refractivity contribution in [3.63, 3.8) is 0 Å². The van der Waals surface area contributed by atoms with Gasteiger partial charge in [-0.2, -0.15) is 13.2 Å². The molecule has 0 bridgehead atoms. The van der Waals surface area contributed by atoms with Crippen LogP contribution in [0.2, 0.25) is 0 Å². The Morgan fingerprint density at radius 3 is 2.59 bits per heavy atom. The van der Waals surface area contributed by atoms with Crippen molar-refractivity contribution in [2.45, 2.75) is 38.4 Å². The van der Waals surface area contributed by atoms with Crippen molar-refractivity contribution in [1.82, 2.24) is 19.6 Å². The van der Waals surface area contributed by atoms with Crippen LogP contribution in [0.25, 0.3) is 26.4 Å². The first-order chi connectivity index (χ1) is 18.7. The fourth-order valence-electron chi connectivity index (χ4n) is 4.74. The van der Waals surface area contributed by atoms with E-state index in [1.807, 2.05) is 12.1 Å². The van der Waals surface area contributed by atoms with E-state index in [0.717, 1.165) is 42.3 Å². The van der Waals surface area contributed by atoms with Crippen molar-refractivity contribution in [2.24, 2.45) is 5.73 Å². The number of piperidine rings is 1. The number of nitrogens with one attached hydrogen (secondary N) is 1. The minimum Gasteiger partial charge on any atom is -0.483 e. The van der Waals surface area contributed by atoms with Crippen LogP contribution in [0.15, 0.2) is 42.6 Å². The molecule has 2 aromatic heterocycles. The number of imidazole rings is 1. The molecule has 12 heteroatoms. The standard InChI is InChI=1S/C26H28F3N5OS.CH2O2/c27-26(28,29)20-13-17(15-30)5-7-19(20)21-16-34-22-8-6-18(14-23(22)36-25(34)32-21)24(35)31-9-4-12-33-10-2-1-3-11-33;2-1-3/h5-8,13-14,16H,1-4,9-12,15,30H2,(H,31,35);1H,(H,2,3). The molecule has 5 rings (SSSR count). The van der Waals surface area contributed by atoms with Gasteiger partial charge in [0.15, 0.2) is 4.96 Å². The van der Waals surface area contributed by atoms with Crippen LogP contribution in [0.1, 0.15) is 47.2 Å². The molecule has 1 saturated heterocycles. The van der Waals surface area contributed by atoms with Gasteiger partial charge >= 0.3 is 6.18 Å². The molecule has 0 aliphatic carbocycles. The van der Waals surface area contributed by atoms with Crippen LogP contribution in [-0.4, -0.2) is 57.9 Å². The number of fused-ring (bicyclic) bond motifs is 3. The number of nitrogens with two attached hydrogens (primary N) is 1. The van der Waals surface area contributed by atoms with Crippen LogP contribution in [-0.2, 0) is 17.5 Å². The number of amides is 1. The summed E-state index contributed by atoms with van der Waals surface area (Å²) in [7, 11) is 0. The van der Waals surface area contributed by atoms with Crippen LogP contribution >= 0.6 is 11.3 Å². The molecule has 1 aliphatic rings. The van der Waals surface area contributed by atoms with Crippen molar-refractivity contribution >= 4 is 38.9 Å². The molecule has 0 radical (unpaired) electrons. The summed E-state index contributed by atoms with van der Waals surface area (Å²) in [6, 6.07) is 9.46. The first-order valence-corrected chi connectivity index (χ1v) is 13.5. The third-order valence-electron chi connectivity index (χ3n) is 6.64. The Morgan fingerprint density at radius 2 is 1.90 bits per heavy atom. The van der Waals surface area contributed by atoms with Gasteiger partial charge in [0.25, 0.3) is 12.4 Å². The third kappa shape index (κ3) is 6.75. The molecule has 1 aliphatic heterocycles. The maximum Gasteiger partial charge on any atom is 0.417 e. The van der Waals surface area contributed by atoms with E-state index in [2.05, 4.69) is 15.2 Å². The molecule has 3 heterocycles. The third-order valence-corrected chi connectivity index (χ3v) is 7.66. The summed E-state index contributed by atoms with van der Waals surface area (Å²) in [5.41, 5.74) is 6.82. The van der Waals surface area contributed by atoms with Gasteiger partial charge in [0.05, 0.1) is 21.5 Å². The largest absolute Gasteiger partial charge is 0.483 e. The van der Waals surface area contributed by atoms with E-state index in [4.69, 9.17) is 15.6 Å². The highest BCUT2D eigenvalue weighted by Crippen LogP contribution is 2.38. The number of rotatable bonds is 7. The van der Waals surface area contributed by atoms with Crippen molar-refractivity contribution in [2.75, 3.05) is 26.2 Å². The highest BCUT2D eigenvalue weighted by molar-refractivity contribution is 7.23. The number of benzene rings is 2. The molecule has 4 aromatic rings. The number of hydrogen-bond acceptors (Lipinski definition) is 6. The zero-order valence-corrected chi connectivity index (χ0v) is 22.0. The fraction of sp³-hybridized carbons (Fsp3) is 0.370. The second-order valence-corrected chi connectivity index (χ2v) is 10.3. The van der Waals surface area contributed by atoms with Gasteiger partial charge in [-0.3, -0.25) is 14.0 Å². The van der Waals surface area contributed by atoms with Crippen molar-refractivity contribution in [3.8, 4) is 11.3 Å². The summed E-state index contributed by atoms with van der Waals surface area (Å²) in [6.07, 6.45) is 1.82. The lowest BCUT2D eigenvalue weighted by Crippen LogP contribution is -2.33. The first kappa shape index (κ1) is 28.5. The van der Waals surface area contributed by atoms with Crippen molar-refractivity contribution in [3.05, 3.63) is 59.3 Å². The number of nitrogens with zero attached hydrogens (tertiary/aromatic N) is 3. The van der Waals surface area contributed by atoms with Gasteiger partial charge in [0, 0.05) is 30.4 Å². The fourth-order valence-corrected chi connectivity index (χ4v) is 5.78. The molecule has 4 N–H and O–H groups in total. The van der Waals surface area contributed by atoms with Gasteiger partial charge in [0.1, 0.15) is 0 Å². The lowest BCUT2D eigenvalue weighted by atomic mass is 10.0. The smallest absolute Gasteiger partial charge is 0.417 e. The van der Waals surface area contributed by atoms with E-state index in [0.29, 0.717) is 22.6 Å². The van der Waals surface area contributed by atoms with E-state index in [9.17, 15) is 18.0 Å². The average Bonchev–Trinajstić information content (AvgIpc) is 3.49. The number of halogens is 3. The topological polar surface area (TPSA) is 113 Å². The Balaban J connectivity index is 0.00000112. The summed E-state index contributed by atoms with van der Waals surface area (Å²) < 4.78 is 43.7. The van der Waals surface area contributed by atoms with Crippen LogP contribution < -0.4 is 11.1 Å². The summed E-state index contributed by atoms with van der Waals surface area (Å²) >= 11 is 1.34. The number of carbonyl (C=O) groups excluding carboxylic acids is 1. The van der Waals surface area contributed by atoms with Gasteiger partial charge in [-0.05, 0) is 68.7 Å². The molecule has 0 saturated carbocycles. The molecule has 208 valence electrons. The number of hydrogen-bond donors (Lipinski definition) is 3. The van der Waals surface area contributed by atoms with Crippen molar-refractivity contribution in [1.29, 1.82) is 0 Å². The number of aromatic nitrogens is 2. The maximum atomic E-state index is 13.7. The summed E-state index contributed by atoms with van der Waals surface area (Å²) in [6.45, 7) is 3.68. The van der Waals surface area contributed by atoms with E-state index in [1.165, 1.54) is 36.7 Å². The summed E-state index contributed by atoms with van der Waals surface area (Å²) in [5, 5.41) is 9.88. The molecule has 39 heavy (non-hydrogen) atoms. The molecule has 1 fully saturated rings. The normalized spacial score (nSPS) is 14.3. The number of thiazole rings is 1. The maximum absolute atomic E-state index is 13.7. The van der Waals surface area contributed by atoms with Crippen LogP contribution in [0.4, 0.5) is 13.2 Å². The lowest BCUT2D eigenvalue weighted by Gasteiger charge is -2.26. The van der Waals surface area contributed by atoms with Crippen LogP contribution in [0.5, 0.6) is 0 Å². The lowest BCUT2D eigenvalue weighted by molar-refractivity contribution is -0.137. The molecule has 0 spiro atoms. The average molecular weight is 562 g/mol. The quantitative estimate of drug-likeness (QED) is 0.216. The van der Waals surface area contributed by atoms with E-state index in [-0.39, 0.29) is 30.2 Å². The number of alkyl halides is 3. The predicted molar refractivity (Wildman–Crippen MR) is 145 cm³/mol. The summed E-state index contributed by atoms with van der Waals surface area (Å²) in [4.78, 5) is 28.5. The number of likely N-dealkylation sites (tertiary alicyclic amines) is 1. The Bertz CT molecular complexity index is 1440. The Labute approximate surface area is 227 Å². The molecule has 2 aromatic carbocycles. The number of carboxylic acid groups (broad SMARTS) is 1.